The highest BCUT2D eigenvalue weighted by Gasteiger charge is 2.21. The fourth-order valence-electron chi connectivity index (χ4n) is 3.93. The van der Waals surface area contributed by atoms with E-state index in [0.717, 1.165) is 11.3 Å². The fraction of sp³-hybridized carbons (Fsp3) is 0.318. The summed E-state index contributed by atoms with van der Waals surface area (Å²) in [6.07, 6.45) is 4.64. The van der Waals surface area contributed by atoms with Gasteiger partial charge in [-0.25, -0.2) is 0 Å². The van der Waals surface area contributed by atoms with Gasteiger partial charge in [0.05, 0.1) is 0 Å². The van der Waals surface area contributed by atoms with Gasteiger partial charge in [-0.2, -0.15) is 0 Å². The van der Waals surface area contributed by atoms with E-state index in [1.54, 1.807) is 0 Å². The Labute approximate surface area is 154 Å². The number of nitrogens with one attached hydrogen (secondary N) is 2. The summed E-state index contributed by atoms with van der Waals surface area (Å²) in [5.41, 5.74) is 5.86. The lowest BCUT2D eigenvalue weighted by Crippen LogP contribution is -2.29. The van der Waals surface area contributed by atoms with Gasteiger partial charge in [0.25, 0.3) is 0 Å². The van der Waals surface area contributed by atoms with Crippen molar-refractivity contribution in [2.24, 2.45) is 0 Å². The highest BCUT2D eigenvalue weighted by atomic mass is 16.1. The third-order valence-electron chi connectivity index (χ3n) is 5.41. The van der Waals surface area contributed by atoms with Gasteiger partial charge in [0, 0.05) is 29.7 Å². The molecule has 1 amide bonds. The van der Waals surface area contributed by atoms with Crippen LogP contribution in [-0.4, -0.2) is 35.9 Å². The van der Waals surface area contributed by atoms with Crippen LogP contribution in [-0.2, 0) is 4.79 Å². The second-order valence-electron chi connectivity index (χ2n) is 7.34. The highest BCUT2D eigenvalue weighted by molar-refractivity contribution is 5.90. The predicted molar refractivity (Wildman–Crippen MR) is 108 cm³/mol. The van der Waals surface area contributed by atoms with Gasteiger partial charge >= 0.3 is 0 Å². The molecule has 1 aliphatic heterocycles. The molecule has 0 aliphatic carbocycles. The van der Waals surface area contributed by atoms with E-state index < -0.39 is 0 Å². The van der Waals surface area contributed by atoms with Crippen molar-refractivity contribution in [1.29, 1.82) is 0 Å². The maximum Gasteiger partial charge on any atom is 0.221 e. The number of carbonyl (C=O) groups is 1. The topological polar surface area (TPSA) is 48.1 Å². The summed E-state index contributed by atoms with van der Waals surface area (Å²) in [5, 5.41) is 4.15. The minimum absolute atomic E-state index is 0.0470. The molecule has 1 fully saturated rings. The Bertz CT molecular complexity index is 918. The van der Waals surface area contributed by atoms with Crippen LogP contribution in [0, 0.1) is 0 Å². The molecule has 1 aromatic heterocycles. The van der Waals surface area contributed by atoms with Gasteiger partial charge < -0.3 is 15.2 Å². The van der Waals surface area contributed by atoms with E-state index in [1.807, 2.05) is 12.1 Å². The molecule has 0 unspecified atom stereocenters. The maximum atomic E-state index is 11.2. The first kappa shape index (κ1) is 16.9. The number of carbonyl (C=O) groups excluding carboxylic acids is 1. The van der Waals surface area contributed by atoms with Crippen molar-refractivity contribution in [2.45, 2.75) is 25.7 Å². The summed E-state index contributed by atoms with van der Waals surface area (Å²) >= 11 is 0. The Morgan fingerprint density at radius 3 is 2.46 bits per heavy atom. The van der Waals surface area contributed by atoms with Crippen molar-refractivity contribution >= 4 is 22.5 Å². The molecule has 0 bridgehead atoms. The van der Waals surface area contributed by atoms with Crippen molar-refractivity contribution in [3.63, 3.8) is 0 Å². The molecule has 4 rings (SSSR count). The van der Waals surface area contributed by atoms with E-state index in [2.05, 4.69) is 58.8 Å². The summed E-state index contributed by atoms with van der Waals surface area (Å²) in [6.45, 7) is 3.86. The number of anilines is 1. The summed E-state index contributed by atoms with van der Waals surface area (Å²) in [7, 11) is 2.20. The molecule has 2 N–H and O–H groups in total. The van der Waals surface area contributed by atoms with Crippen LogP contribution in [0.15, 0.2) is 48.7 Å². The molecule has 134 valence electrons. The predicted octanol–water partition coefficient (Wildman–Crippen LogP) is 4.60. The molecule has 1 saturated heterocycles. The lowest BCUT2D eigenvalue weighted by atomic mass is 9.89. The second kappa shape index (κ2) is 6.96. The number of aromatic nitrogens is 1. The third kappa shape index (κ3) is 3.37. The van der Waals surface area contributed by atoms with E-state index in [1.165, 1.54) is 54.9 Å². The number of likely N-dealkylation sites (tertiary alicyclic amines) is 1. The molecule has 2 heterocycles. The van der Waals surface area contributed by atoms with Gasteiger partial charge in [0.2, 0.25) is 5.91 Å². The SMILES string of the molecule is CC(=O)Nc1ccc(-c2ccc3[nH]cc(C4CCN(C)CC4)c3c2)cc1. The molecule has 26 heavy (non-hydrogen) atoms. The van der Waals surface area contributed by atoms with E-state index >= 15 is 0 Å². The van der Waals surface area contributed by atoms with E-state index in [9.17, 15) is 4.79 Å². The highest BCUT2D eigenvalue weighted by Crippen LogP contribution is 2.35. The number of benzene rings is 2. The summed E-state index contributed by atoms with van der Waals surface area (Å²) < 4.78 is 0. The first-order valence-electron chi connectivity index (χ1n) is 9.28. The van der Waals surface area contributed by atoms with Crippen molar-refractivity contribution in [2.75, 3.05) is 25.5 Å². The van der Waals surface area contributed by atoms with Gasteiger partial charge in [0.1, 0.15) is 0 Å². The van der Waals surface area contributed by atoms with Gasteiger partial charge in [-0.15, -0.1) is 0 Å². The Kier molecular flexibility index (Phi) is 4.51. The van der Waals surface area contributed by atoms with Crippen LogP contribution in [0.2, 0.25) is 0 Å². The largest absolute Gasteiger partial charge is 0.361 e. The quantitative estimate of drug-likeness (QED) is 0.727. The molecule has 4 nitrogen and oxygen atoms in total. The zero-order valence-corrected chi connectivity index (χ0v) is 15.4. The second-order valence-corrected chi connectivity index (χ2v) is 7.34. The molecular weight excluding hydrogens is 322 g/mol. The number of aromatic amines is 1. The molecule has 0 radical (unpaired) electrons. The minimum atomic E-state index is -0.0470. The van der Waals surface area contributed by atoms with Crippen LogP contribution in [0.4, 0.5) is 5.69 Å². The molecule has 4 heteroatoms. The van der Waals surface area contributed by atoms with Crippen LogP contribution < -0.4 is 5.32 Å². The number of rotatable bonds is 3. The average Bonchev–Trinajstić information content (AvgIpc) is 3.06. The first-order valence-corrected chi connectivity index (χ1v) is 9.28. The number of hydrogen-bond acceptors (Lipinski definition) is 2. The third-order valence-corrected chi connectivity index (χ3v) is 5.41. The summed E-state index contributed by atoms with van der Waals surface area (Å²) in [6, 6.07) is 14.7. The number of hydrogen-bond donors (Lipinski definition) is 2. The zero-order chi connectivity index (χ0) is 18.1. The number of piperidine rings is 1. The Balaban J connectivity index is 1.64. The number of fused-ring (bicyclic) bond motifs is 1. The van der Waals surface area contributed by atoms with Crippen molar-refractivity contribution in [3.05, 3.63) is 54.2 Å². The Morgan fingerprint density at radius 1 is 1.08 bits per heavy atom. The Hall–Kier alpha value is -2.59. The normalized spacial score (nSPS) is 16.1. The van der Waals surface area contributed by atoms with Gasteiger partial charge in [-0.3, -0.25) is 4.79 Å². The van der Waals surface area contributed by atoms with Crippen molar-refractivity contribution in [1.82, 2.24) is 9.88 Å². The lowest BCUT2D eigenvalue weighted by Gasteiger charge is -2.28. The number of nitrogens with zero attached hydrogens (tertiary/aromatic N) is 1. The first-order chi connectivity index (χ1) is 12.6. The number of H-pyrrole nitrogens is 1. The van der Waals surface area contributed by atoms with Gasteiger partial charge in [0.15, 0.2) is 0 Å². The molecule has 0 spiro atoms. The lowest BCUT2D eigenvalue weighted by molar-refractivity contribution is -0.114. The average molecular weight is 347 g/mol. The van der Waals surface area contributed by atoms with Gasteiger partial charge in [-0.1, -0.05) is 18.2 Å². The van der Waals surface area contributed by atoms with Crippen molar-refractivity contribution in [3.8, 4) is 11.1 Å². The molecule has 0 saturated carbocycles. The summed E-state index contributed by atoms with van der Waals surface area (Å²) in [4.78, 5) is 17.0. The van der Waals surface area contributed by atoms with Crippen LogP contribution in [0.3, 0.4) is 0 Å². The van der Waals surface area contributed by atoms with Crippen LogP contribution in [0.1, 0.15) is 31.2 Å². The maximum absolute atomic E-state index is 11.2. The molecule has 0 atom stereocenters. The molecular formula is C22H25N3O. The van der Waals surface area contributed by atoms with E-state index in [0.29, 0.717) is 5.92 Å². The van der Waals surface area contributed by atoms with E-state index in [-0.39, 0.29) is 5.91 Å². The monoisotopic (exact) mass is 347 g/mol. The molecule has 2 aromatic carbocycles. The van der Waals surface area contributed by atoms with E-state index in [4.69, 9.17) is 0 Å². The molecule has 3 aromatic rings. The Morgan fingerprint density at radius 2 is 1.77 bits per heavy atom. The standard InChI is InChI=1S/C22H25N3O/c1-15(26)24-19-6-3-16(4-7-19)18-5-8-22-20(13-18)21(14-23-22)17-9-11-25(2)12-10-17/h3-8,13-14,17,23H,9-12H2,1-2H3,(H,24,26). The summed E-state index contributed by atoms with van der Waals surface area (Å²) in [5.74, 6) is 0.589. The van der Waals surface area contributed by atoms with Crippen LogP contribution >= 0.6 is 0 Å². The van der Waals surface area contributed by atoms with Crippen LogP contribution in [0.5, 0.6) is 0 Å². The molecule has 1 aliphatic rings. The minimum Gasteiger partial charge on any atom is -0.361 e. The zero-order valence-electron chi connectivity index (χ0n) is 15.4. The van der Waals surface area contributed by atoms with Crippen LogP contribution in [0.25, 0.3) is 22.0 Å². The number of amides is 1. The fourth-order valence-corrected chi connectivity index (χ4v) is 3.93. The van der Waals surface area contributed by atoms with Crippen molar-refractivity contribution < 1.29 is 4.79 Å². The smallest absolute Gasteiger partial charge is 0.221 e. The van der Waals surface area contributed by atoms with Gasteiger partial charge in [-0.05, 0) is 79.9 Å².